The molecule has 0 bridgehead atoms. The van der Waals surface area contributed by atoms with Gasteiger partial charge in [0, 0.05) is 13.1 Å². The molecule has 7 nitrogen and oxygen atoms in total. The van der Waals surface area contributed by atoms with E-state index in [0.717, 1.165) is 51.1 Å². The van der Waals surface area contributed by atoms with Gasteiger partial charge in [0.05, 0.1) is 12.6 Å². The number of aromatic nitrogens is 3. The highest BCUT2D eigenvalue weighted by Gasteiger charge is 2.37. The smallest absolute Gasteiger partial charge is 0.240 e. The summed E-state index contributed by atoms with van der Waals surface area (Å²) < 4.78 is 0. The molecule has 3 heterocycles. The lowest BCUT2D eigenvalue weighted by Gasteiger charge is -2.36. The van der Waals surface area contributed by atoms with Crippen LogP contribution < -0.4 is 5.32 Å². The van der Waals surface area contributed by atoms with Gasteiger partial charge in [0.2, 0.25) is 5.91 Å². The summed E-state index contributed by atoms with van der Waals surface area (Å²) >= 11 is 0. The fraction of sp³-hybridized carbons (Fsp3) is 0.786. The topological polar surface area (TPSA) is 77.2 Å². The van der Waals surface area contributed by atoms with Gasteiger partial charge in [-0.1, -0.05) is 0 Å². The van der Waals surface area contributed by atoms with E-state index in [1.165, 1.54) is 6.33 Å². The molecule has 0 aliphatic carbocycles. The summed E-state index contributed by atoms with van der Waals surface area (Å²) in [6, 6.07) is 0.599. The normalized spacial score (nSPS) is 24.3. The molecule has 2 fully saturated rings. The predicted octanol–water partition coefficient (Wildman–Crippen LogP) is -0.0205. The molecule has 3 rings (SSSR count). The number of likely N-dealkylation sites (N-methyl/N-ethyl adjacent to an activating group) is 1. The van der Waals surface area contributed by atoms with E-state index in [0.29, 0.717) is 12.6 Å². The van der Waals surface area contributed by atoms with Crippen LogP contribution in [0.2, 0.25) is 0 Å². The molecule has 2 aliphatic heterocycles. The van der Waals surface area contributed by atoms with Gasteiger partial charge in [-0.05, 0) is 45.3 Å². The second kappa shape index (κ2) is 6.53. The van der Waals surface area contributed by atoms with E-state index in [4.69, 9.17) is 0 Å². The molecule has 0 aromatic carbocycles. The monoisotopic (exact) mass is 292 g/mol. The molecule has 0 radical (unpaired) electrons. The van der Waals surface area contributed by atoms with Crippen LogP contribution in [0.4, 0.5) is 0 Å². The molecular weight excluding hydrogens is 268 g/mol. The van der Waals surface area contributed by atoms with Crippen molar-refractivity contribution >= 4 is 5.91 Å². The van der Waals surface area contributed by atoms with Gasteiger partial charge < -0.3 is 10.2 Å². The third-order valence-corrected chi connectivity index (χ3v) is 4.59. The van der Waals surface area contributed by atoms with Crippen molar-refractivity contribution < 1.29 is 4.79 Å². The first-order valence-electron chi connectivity index (χ1n) is 7.81. The Bertz CT molecular complexity index is 456. The molecule has 1 aromatic heterocycles. The van der Waals surface area contributed by atoms with Crippen molar-refractivity contribution in [3.8, 4) is 0 Å². The maximum absolute atomic E-state index is 12.7. The van der Waals surface area contributed by atoms with Crippen LogP contribution in [0.15, 0.2) is 6.33 Å². The Morgan fingerprint density at radius 2 is 2.24 bits per heavy atom. The highest BCUT2D eigenvalue weighted by atomic mass is 16.2. The zero-order chi connectivity index (χ0) is 14.7. The molecule has 1 aromatic rings. The number of piperidine rings is 1. The summed E-state index contributed by atoms with van der Waals surface area (Å²) in [4.78, 5) is 21.0. The third-order valence-electron chi connectivity index (χ3n) is 4.59. The van der Waals surface area contributed by atoms with Crippen LogP contribution in [-0.2, 0) is 11.3 Å². The molecule has 1 atom stereocenters. The summed E-state index contributed by atoms with van der Waals surface area (Å²) in [5, 5.41) is 10.0. The zero-order valence-corrected chi connectivity index (χ0v) is 12.6. The summed E-state index contributed by atoms with van der Waals surface area (Å²) in [6.07, 6.45) is 5.87. The summed E-state index contributed by atoms with van der Waals surface area (Å²) in [6.45, 7) is 3.68. The minimum atomic E-state index is 0.0426. The Morgan fingerprint density at radius 3 is 2.95 bits per heavy atom. The largest absolute Gasteiger partial charge is 0.337 e. The molecular formula is C14H24N6O. The molecule has 116 valence electrons. The summed E-state index contributed by atoms with van der Waals surface area (Å²) in [5.41, 5.74) is 0. The maximum Gasteiger partial charge on any atom is 0.240 e. The van der Waals surface area contributed by atoms with Gasteiger partial charge in [0.25, 0.3) is 0 Å². The SMILES string of the molecule is CN(Cc1ncn[nH]1)C(=O)C1CCCN1C1CCNCC1. The van der Waals surface area contributed by atoms with Gasteiger partial charge in [-0.2, -0.15) is 5.10 Å². The molecule has 2 saturated heterocycles. The Hall–Kier alpha value is -1.47. The number of nitrogens with one attached hydrogen (secondary N) is 2. The van der Waals surface area contributed by atoms with Crippen molar-refractivity contribution in [1.29, 1.82) is 0 Å². The quantitative estimate of drug-likeness (QED) is 0.815. The lowest BCUT2D eigenvalue weighted by atomic mass is 10.0. The van der Waals surface area contributed by atoms with Gasteiger partial charge in [-0.15, -0.1) is 0 Å². The number of rotatable bonds is 4. The highest BCUT2D eigenvalue weighted by molar-refractivity contribution is 5.82. The van der Waals surface area contributed by atoms with Gasteiger partial charge in [0.15, 0.2) is 0 Å². The number of likely N-dealkylation sites (tertiary alicyclic amines) is 1. The van der Waals surface area contributed by atoms with Crippen LogP contribution in [0, 0.1) is 0 Å². The number of hydrogen-bond acceptors (Lipinski definition) is 5. The van der Waals surface area contributed by atoms with Crippen molar-refractivity contribution in [3.05, 3.63) is 12.2 Å². The van der Waals surface area contributed by atoms with Crippen LogP contribution in [-0.4, -0.2) is 69.7 Å². The molecule has 2 N–H and O–H groups in total. The Kier molecular flexibility index (Phi) is 4.50. The highest BCUT2D eigenvalue weighted by Crippen LogP contribution is 2.25. The lowest BCUT2D eigenvalue weighted by molar-refractivity contribution is -0.136. The van der Waals surface area contributed by atoms with Crippen LogP contribution in [0.25, 0.3) is 0 Å². The Balaban J connectivity index is 1.62. The molecule has 7 heteroatoms. The van der Waals surface area contributed by atoms with Gasteiger partial charge >= 0.3 is 0 Å². The molecule has 0 saturated carbocycles. The number of aromatic amines is 1. The van der Waals surface area contributed by atoms with E-state index < -0.39 is 0 Å². The number of amides is 1. The predicted molar refractivity (Wildman–Crippen MR) is 78.5 cm³/mol. The van der Waals surface area contributed by atoms with Crippen molar-refractivity contribution in [3.63, 3.8) is 0 Å². The number of H-pyrrole nitrogens is 1. The van der Waals surface area contributed by atoms with Crippen LogP contribution >= 0.6 is 0 Å². The van der Waals surface area contributed by atoms with Crippen LogP contribution in [0.5, 0.6) is 0 Å². The van der Waals surface area contributed by atoms with E-state index in [2.05, 4.69) is 25.4 Å². The van der Waals surface area contributed by atoms with E-state index in [9.17, 15) is 4.79 Å². The number of nitrogens with zero attached hydrogens (tertiary/aromatic N) is 4. The minimum absolute atomic E-state index is 0.0426. The van der Waals surface area contributed by atoms with E-state index >= 15 is 0 Å². The first-order valence-corrected chi connectivity index (χ1v) is 7.81. The van der Waals surface area contributed by atoms with Crippen molar-refractivity contribution in [1.82, 2.24) is 30.3 Å². The average Bonchev–Trinajstić information content (AvgIpc) is 3.18. The van der Waals surface area contributed by atoms with Crippen LogP contribution in [0.3, 0.4) is 0 Å². The second-order valence-corrected chi connectivity index (χ2v) is 6.00. The molecule has 1 amide bonds. The molecule has 2 aliphatic rings. The number of hydrogen-bond donors (Lipinski definition) is 2. The van der Waals surface area contributed by atoms with E-state index in [1.807, 2.05) is 7.05 Å². The average molecular weight is 292 g/mol. The third kappa shape index (κ3) is 3.24. The summed E-state index contributed by atoms with van der Waals surface area (Å²) in [5.74, 6) is 0.944. The van der Waals surface area contributed by atoms with E-state index in [1.54, 1.807) is 4.90 Å². The number of carbonyl (C=O) groups excluding carboxylic acids is 1. The fourth-order valence-corrected chi connectivity index (χ4v) is 3.49. The molecule has 1 unspecified atom stereocenters. The zero-order valence-electron chi connectivity index (χ0n) is 12.6. The first kappa shape index (κ1) is 14.5. The van der Waals surface area contributed by atoms with Crippen molar-refractivity contribution in [2.75, 3.05) is 26.7 Å². The van der Waals surface area contributed by atoms with Crippen molar-refractivity contribution in [2.45, 2.75) is 44.3 Å². The minimum Gasteiger partial charge on any atom is -0.337 e. The standard InChI is InChI=1S/C14H24N6O/c1-19(9-13-16-10-17-18-13)14(21)12-3-2-8-20(12)11-4-6-15-7-5-11/h10-12,15H,2-9H2,1H3,(H,16,17,18). The maximum atomic E-state index is 12.7. The van der Waals surface area contributed by atoms with Crippen molar-refractivity contribution in [2.24, 2.45) is 0 Å². The Labute approximate surface area is 125 Å². The molecule has 0 spiro atoms. The van der Waals surface area contributed by atoms with Gasteiger partial charge in [0.1, 0.15) is 12.2 Å². The number of carbonyl (C=O) groups is 1. The lowest BCUT2D eigenvalue weighted by Crippen LogP contribution is -2.50. The first-order chi connectivity index (χ1) is 10.3. The van der Waals surface area contributed by atoms with Gasteiger partial charge in [-0.3, -0.25) is 14.8 Å². The summed E-state index contributed by atoms with van der Waals surface area (Å²) in [7, 11) is 1.85. The fourth-order valence-electron chi connectivity index (χ4n) is 3.49. The van der Waals surface area contributed by atoms with Crippen LogP contribution in [0.1, 0.15) is 31.5 Å². The second-order valence-electron chi connectivity index (χ2n) is 6.00. The van der Waals surface area contributed by atoms with E-state index in [-0.39, 0.29) is 11.9 Å². The Morgan fingerprint density at radius 1 is 1.43 bits per heavy atom. The van der Waals surface area contributed by atoms with Gasteiger partial charge in [-0.25, -0.2) is 4.98 Å². The molecule has 21 heavy (non-hydrogen) atoms.